The summed E-state index contributed by atoms with van der Waals surface area (Å²) in [7, 11) is 0. The van der Waals surface area contributed by atoms with Gasteiger partial charge in [0.25, 0.3) is 5.91 Å². The molecule has 21 heavy (non-hydrogen) atoms. The van der Waals surface area contributed by atoms with Gasteiger partial charge in [-0.25, -0.2) is 4.79 Å². The first-order chi connectivity index (χ1) is 10.1. The lowest BCUT2D eigenvalue weighted by Gasteiger charge is -2.20. The average molecular weight is 301 g/mol. The average Bonchev–Trinajstić information content (AvgIpc) is 3.09. The Kier molecular flexibility index (Phi) is 3.47. The Morgan fingerprint density at radius 1 is 1.33 bits per heavy atom. The van der Waals surface area contributed by atoms with Crippen molar-refractivity contribution in [2.75, 3.05) is 6.54 Å². The van der Waals surface area contributed by atoms with Crippen molar-refractivity contribution in [3.63, 3.8) is 0 Å². The van der Waals surface area contributed by atoms with Crippen molar-refractivity contribution in [1.29, 1.82) is 0 Å². The van der Waals surface area contributed by atoms with Crippen molar-refractivity contribution in [3.05, 3.63) is 52.5 Å². The smallest absolute Gasteiger partial charge is 0.319 e. The number of pyridine rings is 1. The minimum Gasteiger partial charge on any atom is -0.319 e. The molecule has 2 aromatic heterocycles. The van der Waals surface area contributed by atoms with Crippen LogP contribution in [0, 0.1) is 0 Å². The van der Waals surface area contributed by atoms with Crippen LogP contribution >= 0.6 is 11.3 Å². The molecular weight excluding hydrogens is 286 g/mol. The molecule has 5 nitrogen and oxygen atoms in total. The lowest BCUT2D eigenvalue weighted by Crippen LogP contribution is -2.40. The third-order valence-electron chi connectivity index (χ3n) is 3.69. The van der Waals surface area contributed by atoms with Gasteiger partial charge in [-0.2, -0.15) is 11.3 Å². The lowest BCUT2D eigenvalue weighted by atomic mass is 9.95. The molecule has 1 saturated heterocycles. The molecule has 108 valence electrons. The zero-order valence-electron chi connectivity index (χ0n) is 11.6. The molecule has 1 N–H and O–H groups in total. The molecule has 3 rings (SSSR count). The number of aromatic nitrogens is 1. The van der Waals surface area contributed by atoms with Crippen LogP contribution in [0.1, 0.15) is 18.2 Å². The van der Waals surface area contributed by atoms with Gasteiger partial charge in [0.2, 0.25) is 0 Å². The van der Waals surface area contributed by atoms with Gasteiger partial charge < -0.3 is 5.32 Å². The van der Waals surface area contributed by atoms with Crippen LogP contribution in [0.5, 0.6) is 0 Å². The molecule has 0 aromatic carbocycles. The second-order valence-electron chi connectivity index (χ2n) is 5.10. The number of imide groups is 1. The number of amides is 3. The Morgan fingerprint density at radius 2 is 2.19 bits per heavy atom. The summed E-state index contributed by atoms with van der Waals surface area (Å²) in [6, 6.07) is 7.14. The maximum atomic E-state index is 12.6. The molecule has 0 aliphatic carbocycles. The molecule has 0 radical (unpaired) electrons. The van der Waals surface area contributed by atoms with Crippen LogP contribution in [0.15, 0.2) is 41.2 Å². The van der Waals surface area contributed by atoms with Gasteiger partial charge in [0.05, 0.1) is 0 Å². The number of carbonyl (C=O) groups excluding carboxylic acids is 2. The van der Waals surface area contributed by atoms with E-state index in [2.05, 4.69) is 10.3 Å². The number of hydrogen-bond donors (Lipinski definition) is 1. The largest absolute Gasteiger partial charge is 0.325 e. The van der Waals surface area contributed by atoms with Gasteiger partial charge in [0, 0.05) is 24.9 Å². The molecule has 6 heteroatoms. The fourth-order valence-corrected chi connectivity index (χ4v) is 3.18. The Morgan fingerprint density at radius 3 is 2.86 bits per heavy atom. The van der Waals surface area contributed by atoms with Crippen LogP contribution in [-0.4, -0.2) is 28.4 Å². The molecule has 0 bridgehead atoms. The van der Waals surface area contributed by atoms with Crippen molar-refractivity contribution in [2.24, 2.45) is 0 Å². The summed E-state index contributed by atoms with van der Waals surface area (Å²) < 4.78 is 0. The fourth-order valence-electron chi connectivity index (χ4n) is 2.42. The zero-order valence-corrected chi connectivity index (χ0v) is 12.4. The Balaban J connectivity index is 1.75. The normalized spacial score (nSPS) is 21.7. The van der Waals surface area contributed by atoms with Crippen LogP contribution in [0.4, 0.5) is 4.79 Å². The van der Waals surface area contributed by atoms with Crippen molar-refractivity contribution in [3.8, 4) is 0 Å². The number of hydrogen-bond acceptors (Lipinski definition) is 4. The molecule has 2 aromatic rings. The monoisotopic (exact) mass is 301 g/mol. The number of nitrogens with one attached hydrogen (secondary N) is 1. The highest BCUT2D eigenvalue weighted by molar-refractivity contribution is 7.08. The summed E-state index contributed by atoms with van der Waals surface area (Å²) in [6.07, 6.45) is 2.26. The highest BCUT2D eigenvalue weighted by atomic mass is 32.1. The minimum absolute atomic E-state index is 0.207. The van der Waals surface area contributed by atoms with E-state index < -0.39 is 5.54 Å². The Hall–Kier alpha value is -2.21. The van der Waals surface area contributed by atoms with E-state index >= 15 is 0 Å². The van der Waals surface area contributed by atoms with Gasteiger partial charge in [-0.15, -0.1) is 0 Å². The Labute approximate surface area is 126 Å². The fraction of sp³-hybridized carbons (Fsp3) is 0.267. The van der Waals surface area contributed by atoms with Crippen LogP contribution in [0.25, 0.3) is 0 Å². The topological polar surface area (TPSA) is 62.3 Å². The summed E-state index contributed by atoms with van der Waals surface area (Å²) in [5.74, 6) is -0.207. The molecule has 0 spiro atoms. The Bertz CT molecular complexity index is 657. The van der Waals surface area contributed by atoms with E-state index in [1.165, 1.54) is 16.2 Å². The summed E-state index contributed by atoms with van der Waals surface area (Å²) in [5, 5.41) is 6.58. The molecule has 1 atom stereocenters. The maximum Gasteiger partial charge on any atom is 0.325 e. The predicted molar refractivity (Wildman–Crippen MR) is 79.9 cm³/mol. The van der Waals surface area contributed by atoms with Gasteiger partial charge in [-0.3, -0.25) is 14.7 Å². The van der Waals surface area contributed by atoms with E-state index in [0.29, 0.717) is 13.0 Å². The summed E-state index contributed by atoms with van der Waals surface area (Å²) in [6.45, 7) is 2.08. The van der Waals surface area contributed by atoms with Gasteiger partial charge in [-0.05, 0) is 41.4 Å². The summed E-state index contributed by atoms with van der Waals surface area (Å²) >= 11 is 1.51. The van der Waals surface area contributed by atoms with Crippen LogP contribution in [0.2, 0.25) is 0 Å². The van der Waals surface area contributed by atoms with Crippen molar-refractivity contribution in [2.45, 2.75) is 18.9 Å². The predicted octanol–water partition coefficient (Wildman–Crippen LogP) is 2.15. The molecule has 1 aliphatic heterocycles. The number of urea groups is 1. The number of thiophene rings is 1. The second kappa shape index (κ2) is 5.29. The highest BCUT2D eigenvalue weighted by Gasteiger charge is 2.48. The van der Waals surface area contributed by atoms with E-state index in [9.17, 15) is 9.59 Å². The maximum absolute atomic E-state index is 12.6. The SMILES string of the molecule is CC1(c2ccsc2)NC(=O)N(CCc2ccccn2)C1=O. The first-order valence-electron chi connectivity index (χ1n) is 6.68. The van der Waals surface area contributed by atoms with Crippen molar-refractivity contribution >= 4 is 23.3 Å². The van der Waals surface area contributed by atoms with E-state index in [1.807, 2.05) is 35.0 Å². The van der Waals surface area contributed by atoms with Gasteiger partial charge in [0.1, 0.15) is 5.54 Å². The molecule has 3 amide bonds. The summed E-state index contributed by atoms with van der Waals surface area (Å²) in [5.41, 5.74) is 0.731. The number of nitrogens with zero attached hydrogens (tertiary/aromatic N) is 2. The molecule has 0 saturated carbocycles. The molecule has 3 heterocycles. The van der Waals surface area contributed by atoms with Crippen LogP contribution in [0.3, 0.4) is 0 Å². The second-order valence-corrected chi connectivity index (χ2v) is 5.88. The van der Waals surface area contributed by atoms with Crippen molar-refractivity contribution in [1.82, 2.24) is 15.2 Å². The highest BCUT2D eigenvalue weighted by Crippen LogP contribution is 2.30. The molecule has 1 unspecified atom stereocenters. The molecular formula is C15H15N3O2S. The molecule has 1 aliphatic rings. The van der Waals surface area contributed by atoms with E-state index in [0.717, 1.165) is 11.3 Å². The quantitative estimate of drug-likeness (QED) is 0.880. The van der Waals surface area contributed by atoms with Gasteiger partial charge in [0.15, 0.2) is 0 Å². The first kappa shape index (κ1) is 13.8. The van der Waals surface area contributed by atoms with Crippen LogP contribution in [-0.2, 0) is 16.8 Å². The van der Waals surface area contributed by atoms with E-state index in [4.69, 9.17) is 0 Å². The third kappa shape index (κ3) is 2.42. The van der Waals surface area contributed by atoms with Crippen LogP contribution < -0.4 is 5.32 Å². The standard InChI is InChI=1S/C15H15N3O2S/c1-15(11-6-9-21-10-11)13(19)18(14(20)17-15)8-5-12-4-2-3-7-16-12/h2-4,6-7,9-10H,5,8H2,1H3,(H,17,20). The number of rotatable bonds is 4. The minimum atomic E-state index is -0.957. The molecule has 1 fully saturated rings. The third-order valence-corrected chi connectivity index (χ3v) is 4.37. The first-order valence-corrected chi connectivity index (χ1v) is 7.62. The van der Waals surface area contributed by atoms with E-state index in [1.54, 1.807) is 13.1 Å². The number of carbonyl (C=O) groups is 2. The van der Waals surface area contributed by atoms with Gasteiger partial charge >= 0.3 is 6.03 Å². The summed E-state index contributed by atoms with van der Waals surface area (Å²) in [4.78, 5) is 30.2. The van der Waals surface area contributed by atoms with Gasteiger partial charge in [-0.1, -0.05) is 6.07 Å². The zero-order chi connectivity index (χ0) is 14.9. The van der Waals surface area contributed by atoms with E-state index in [-0.39, 0.29) is 11.9 Å². The van der Waals surface area contributed by atoms with Crippen molar-refractivity contribution < 1.29 is 9.59 Å². The lowest BCUT2D eigenvalue weighted by molar-refractivity contribution is -0.131.